The second-order valence-electron chi connectivity index (χ2n) is 3.42. The highest BCUT2D eigenvalue weighted by Crippen LogP contribution is 2.26. The first-order valence-electron chi connectivity index (χ1n) is 4.77. The molecular weight excluding hydrogens is 226 g/mol. The van der Waals surface area contributed by atoms with Crippen molar-refractivity contribution in [1.29, 1.82) is 0 Å². The third-order valence-corrected chi connectivity index (χ3v) is 2.85. The molecule has 2 aromatic rings. The van der Waals surface area contributed by atoms with Gasteiger partial charge in [-0.3, -0.25) is 4.98 Å². The summed E-state index contributed by atoms with van der Waals surface area (Å²) in [5.41, 5.74) is 2.03. The molecule has 0 radical (unpaired) electrons. The molecule has 4 heteroatoms. The van der Waals surface area contributed by atoms with Crippen molar-refractivity contribution in [3.05, 3.63) is 40.5 Å². The van der Waals surface area contributed by atoms with E-state index in [4.69, 9.17) is 16.3 Å². The molecule has 0 saturated heterocycles. The molecule has 0 amide bonds. The van der Waals surface area contributed by atoms with Crippen LogP contribution in [0.4, 0.5) is 0 Å². The van der Waals surface area contributed by atoms with Gasteiger partial charge in [-0.25, -0.2) is 4.79 Å². The summed E-state index contributed by atoms with van der Waals surface area (Å²) >= 11 is 6.04. The van der Waals surface area contributed by atoms with Crippen LogP contribution in [-0.2, 0) is 4.74 Å². The van der Waals surface area contributed by atoms with Crippen LogP contribution >= 0.6 is 11.6 Å². The number of ether oxygens (including phenoxy) is 1. The number of benzene rings is 1. The van der Waals surface area contributed by atoms with E-state index in [2.05, 4.69) is 4.98 Å². The number of pyridine rings is 1. The fourth-order valence-electron chi connectivity index (χ4n) is 1.66. The number of carbonyl (C=O) groups excluding carboxylic acids is 1. The first-order chi connectivity index (χ1) is 7.65. The molecule has 3 nitrogen and oxygen atoms in total. The van der Waals surface area contributed by atoms with E-state index in [-0.39, 0.29) is 5.97 Å². The topological polar surface area (TPSA) is 39.2 Å². The van der Waals surface area contributed by atoms with E-state index in [9.17, 15) is 4.79 Å². The molecule has 0 unspecified atom stereocenters. The van der Waals surface area contributed by atoms with Crippen LogP contribution in [0.1, 0.15) is 15.9 Å². The Morgan fingerprint density at radius 3 is 2.81 bits per heavy atom. The molecule has 0 aliphatic rings. The predicted octanol–water partition coefficient (Wildman–Crippen LogP) is 2.98. The van der Waals surface area contributed by atoms with Gasteiger partial charge in [-0.15, -0.1) is 0 Å². The minimum atomic E-state index is -0.360. The second kappa shape index (κ2) is 4.10. The summed E-state index contributed by atoms with van der Waals surface area (Å²) in [6.45, 7) is 1.83. The van der Waals surface area contributed by atoms with Crippen LogP contribution in [0.3, 0.4) is 0 Å². The minimum absolute atomic E-state index is 0.360. The average Bonchev–Trinajstić information content (AvgIpc) is 2.30. The zero-order valence-corrected chi connectivity index (χ0v) is 9.71. The van der Waals surface area contributed by atoms with Crippen molar-refractivity contribution in [2.45, 2.75) is 6.92 Å². The normalized spacial score (nSPS) is 10.4. The number of aryl methyl sites for hydroxylation is 1. The SMILES string of the molecule is COC(=O)c1ccc2c(Cl)ccnc2c1C. The first-order valence-corrected chi connectivity index (χ1v) is 5.15. The van der Waals surface area contributed by atoms with Crippen LogP contribution in [-0.4, -0.2) is 18.1 Å². The highest BCUT2D eigenvalue weighted by atomic mass is 35.5. The molecule has 16 heavy (non-hydrogen) atoms. The van der Waals surface area contributed by atoms with Crippen molar-refractivity contribution in [1.82, 2.24) is 4.98 Å². The molecule has 0 saturated carbocycles. The van der Waals surface area contributed by atoms with Gasteiger partial charge in [0.15, 0.2) is 0 Å². The van der Waals surface area contributed by atoms with Gasteiger partial charge in [-0.05, 0) is 24.6 Å². The fraction of sp³-hybridized carbons (Fsp3) is 0.167. The molecule has 0 aliphatic carbocycles. The van der Waals surface area contributed by atoms with Crippen LogP contribution in [0.25, 0.3) is 10.9 Å². The van der Waals surface area contributed by atoms with Gasteiger partial charge in [0.2, 0.25) is 0 Å². The molecule has 0 aliphatic heterocycles. The number of carbonyl (C=O) groups is 1. The quantitative estimate of drug-likeness (QED) is 0.714. The Morgan fingerprint density at radius 2 is 2.12 bits per heavy atom. The highest BCUT2D eigenvalue weighted by Gasteiger charge is 2.13. The van der Waals surface area contributed by atoms with Crippen molar-refractivity contribution >= 4 is 28.5 Å². The summed E-state index contributed by atoms with van der Waals surface area (Å²) in [6.07, 6.45) is 1.62. The Bertz CT molecular complexity index is 566. The number of rotatable bonds is 1. The standard InChI is InChI=1S/C12H10ClNO2/c1-7-8(12(15)16-2)3-4-9-10(13)5-6-14-11(7)9/h3-6H,1-2H3. The van der Waals surface area contributed by atoms with Gasteiger partial charge in [-0.2, -0.15) is 0 Å². The molecular formula is C12H10ClNO2. The first kappa shape index (κ1) is 10.9. The summed E-state index contributed by atoms with van der Waals surface area (Å²) in [5.74, 6) is -0.360. The predicted molar refractivity (Wildman–Crippen MR) is 62.8 cm³/mol. The number of esters is 1. The zero-order valence-electron chi connectivity index (χ0n) is 8.95. The number of fused-ring (bicyclic) bond motifs is 1. The molecule has 2 rings (SSSR count). The number of hydrogen-bond acceptors (Lipinski definition) is 3. The number of hydrogen-bond donors (Lipinski definition) is 0. The molecule has 0 bridgehead atoms. The van der Waals surface area contributed by atoms with E-state index in [1.165, 1.54) is 7.11 Å². The Hall–Kier alpha value is -1.61. The van der Waals surface area contributed by atoms with E-state index in [1.807, 2.05) is 6.92 Å². The molecule has 0 N–H and O–H groups in total. The lowest BCUT2D eigenvalue weighted by Gasteiger charge is -2.07. The van der Waals surface area contributed by atoms with Crippen LogP contribution in [0.2, 0.25) is 5.02 Å². The number of halogens is 1. The maximum absolute atomic E-state index is 11.5. The lowest BCUT2D eigenvalue weighted by atomic mass is 10.0. The van der Waals surface area contributed by atoms with Gasteiger partial charge in [0.25, 0.3) is 0 Å². The third kappa shape index (κ3) is 1.63. The van der Waals surface area contributed by atoms with Crippen molar-refractivity contribution < 1.29 is 9.53 Å². The van der Waals surface area contributed by atoms with Crippen molar-refractivity contribution in [3.8, 4) is 0 Å². The van der Waals surface area contributed by atoms with Crippen molar-refractivity contribution in [2.75, 3.05) is 7.11 Å². The summed E-state index contributed by atoms with van der Waals surface area (Å²) in [5, 5.41) is 1.47. The Kier molecular flexibility index (Phi) is 2.79. The molecule has 0 fully saturated rings. The van der Waals surface area contributed by atoms with E-state index < -0.39 is 0 Å². The van der Waals surface area contributed by atoms with Crippen LogP contribution < -0.4 is 0 Å². The molecule has 1 heterocycles. The van der Waals surface area contributed by atoms with E-state index in [1.54, 1.807) is 24.4 Å². The maximum atomic E-state index is 11.5. The van der Waals surface area contributed by atoms with Gasteiger partial charge >= 0.3 is 5.97 Å². The van der Waals surface area contributed by atoms with Crippen molar-refractivity contribution in [2.24, 2.45) is 0 Å². The van der Waals surface area contributed by atoms with Crippen LogP contribution in [0.15, 0.2) is 24.4 Å². The second-order valence-corrected chi connectivity index (χ2v) is 3.83. The lowest BCUT2D eigenvalue weighted by molar-refractivity contribution is 0.0600. The van der Waals surface area contributed by atoms with Gasteiger partial charge in [0, 0.05) is 11.6 Å². The molecule has 0 spiro atoms. The monoisotopic (exact) mass is 235 g/mol. The Morgan fingerprint density at radius 1 is 1.38 bits per heavy atom. The van der Waals surface area contributed by atoms with E-state index >= 15 is 0 Å². The fourth-order valence-corrected chi connectivity index (χ4v) is 1.87. The average molecular weight is 236 g/mol. The van der Waals surface area contributed by atoms with E-state index in [0.29, 0.717) is 10.6 Å². The smallest absolute Gasteiger partial charge is 0.338 e. The number of aromatic nitrogens is 1. The Balaban J connectivity index is 2.75. The van der Waals surface area contributed by atoms with Gasteiger partial charge < -0.3 is 4.74 Å². The minimum Gasteiger partial charge on any atom is -0.465 e. The number of nitrogens with zero attached hydrogens (tertiary/aromatic N) is 1. The third-order valence-electron chi connectivity index (χ3n) is 2.52. The highest BCUT2D eigenvalue weighted by molar-refractivity contribution is 6.35. The van der Waals surface area contributed by atoms with Crippen molar-refractivity contribution in [3.63, 3.8) is 0 Å². The summed E-state index contributed by atoms with van der Waals surface area (Å²) < 4.78 is 4.70. The summed E-state index contributed by atoms with van der Waals surface area (Å²) in [7, 11) is 1.36. The number of methoxy groups -OCH3 is 1. The van der Waals surface area contributed by atoms with Crippen LogP contribution in [0, 0.1) is 6.92 Å². The van der Waals surface area contributed by atoms with Gasteiger partial charge in [0.1, 0.15) is 0 Å². The molecule has 1 aromatic heterocycles. The maximum Gasteiger partial charge on any atom is 0.338 e. The molecule has 0 atom stereocenters. The largest absolute Gasteiger partial charge is 0.465 e. The summed E-state index contributed by atoms with van der Waals surface area (Å²) in [6, 6.07) is 5.21. The van der Waals surface area contributed by atoms with E-state index in [0.717, 1.165) is 16.5 Å². The van der Waals surface area contributed by atoms with Gasteiger partial charge in [-0.1, -0.05) is 17.7 Å². The Labute approximate surface area is 98.0 Å². The zero-order chi connectivity index (χ0) is 11.7. The van der Waals surface area contributed by atoms with Gasteiger partial charge in [0.05, 0.1) is 23.2 Å². The van der Waals surface area contributed by atoms with Crippen LogP contribution in [0.5, 0.6) is 0 Å². The summed E-state index contributed by atoms with van der Waals surface area (Å²) in [4.78, 5) is 15.7. The molecule has 1 aromatic carbocycles. The lowest BCUT2D eigenvalue weighted by Crippen LogP contribution is -2.04. The molecule has 82 valence electrons.